The molecule has 3 aliphatic carbocycles. The molecule has 0 aromatic heterocycles. The van der Waals surface area contributed by atoms with Crippen molar-refractivity contribution in [3.8, 4) is 11.1 Å². The van der Waals surface area contributed by atoms with E-state index in [-0.39, 0.29) is 10.2 Å². The average molecular weight is 499 g/mol. The molecule has 3 aromatic rings. The van der Waals surface area contributed by atoms with Gasteiger partial charge in [-0.25, -0.2) is 0 Å². The van der Waals surface area contributed by atoms with E-state index in [1.54, 1.807) is 27.2 Å². The van der Waals surface area contributed by atoms with Gasteiger partial charge in [0.15, 0.2) is 0 Å². The monoisotopic (exact) mass is 498 g/mol. The lowest BCUT2D eigenvalue weighted by molar-refractivity contribution is 0.151. The first kappa shape index (κ1) is 22.0. The zero-order chi connectivity index (χ0) is 25.2. The van der Waals surface area contributed by atoms with E-state index in [1.165, 1.54) is 28.7 Å². The molecule has 5 unspecified atom stereocenters. The van der Waals surface area contributed by atoms with Gasteiger partial charge >= 0.3 is 0 Å². The fourth-order valence-electron chi connectivity index (χ4n) is 9.88. The summed E-state index contributed by atoms with van der Waals surface area (Å²) in [5.41, 5.74) is 12.2. The van der Waals surface area contributed by atoms with Crippen LogP contribution in [0.2, 0.25) is 0 Å². The number of fused-ring (bicyclic) bond motifs is 11. The van der Waals surface area contributed by atoms with E-state index >= 15 is 0 Å². The Morgan fingerprint density at radius 3 is 2.11 bits per heavy atom. The van der Waals surface area contributed by atoms with Gasteiger partial charge in [0.2, 0.25) is 0 Å². The lowest BCUT2D eigenvalue weighted by Gasteiger charge is -2.54. The summed E-state index contributed by atoms with van der Waals surface area (Å²) in [6, 6.07) is 30.0. The second kappa shape index (κ2) is 7.08. The number of rotatable bonds is 4. The number of hydrogen-bond donors (Lipinski definition) is 0. The Balaban J connectivity index is 1.47. The highest BCUT2D eigenvalue weighted by Crippen LogP contribution is 3.06. The van der Waals surface area contributed by atoms with Crippen molar-refractivity contribution in [3.63, 3.8) is 0 Å². The van der Waals surface area contributed by atoms with Crippen molar-refractivity contribution in [2.24, 2.45) is 5.92 Å². The molecule has 0 nitrogen and oxygen atoms in total. The van der Waals surface area contributed by atoms with Crippen LogP contribution in [0.15, 0.2) is 120 Å². The molecule has 184 valence electrons. The lowest BCUT2D eigenvalue weighted by Crippen LogP contribution is -2.60. The maximum atomic E-state index is 4.40. The summed E-state index contributed by atoms with van der Waals surface area (Å²) in [7, 11) is -1.13. The Morgan fingerprint density at radius 2 is 1.49 bits per heavy atom. The maximum Gasteiger partial charge on any atom is 0.0402 e. The van der Waals surface area contributed by atoms with Crippen LogP contribution in [0.3, 0.4) is 0 Å². The SMILES string of the molecule is C=CCC12C(C(CC)C13c1ccccc1-c1ccccc13)S21C(C)=C(c2ccccc2)C2=CC(C)=CC21. The van der Waals surface area contributed by atoms with Crippen LogP contribution >= 0.6 is 10.0 Å². The molecule has 0 amide bonds. The number of hydrogen-bond acceptors (Lipinski definition) is 0. The highest BCUT2D eigenvalue weighted by atomic mass is 32.3. The number of allylic oxidation sites excluding steroid dienone is 5. The third-order valence-corrected chi connectivity index (χ3v) is 16.2. The minimum atomic E-state index is -1.13. The molecule has 5 aliphatic rings. The van der Waals surface area contributed by atoms with E-state index in [2.05, 4.69) is 124 Å². The van der Waals surface area contributed by atoms with Gasteiger partial charge in [-0.1, -0.05) is 116 Å². The Bertz CT molecular complexity index is 1550. The van der Waals surface area contributed by atoms with E-state index in [0.29, 0.717) is 11.2 Å². The summed E-state index contributed by atoms with van der Waals surface area (Å²) in [6.07, 6.45) is 9.77. The first-order chi connectivity index (χ1) is 18.1. The van der Waals surface area contributed by atoms with Crippen LogP contribution in [0.25, 0.3) is 16.7 Å². The third kappa shape index (κ3) is 2.09. The highest BCUT2D eigenvalue weighted by molar-refractivity contribution is 8.45. The molecule has 2 heterocycles. The largest absolute Gasteiger partial charge is 0.194 e. The number of benzene rings is 3. The predicted octanol–water partition coefficient (Wildman–Crippen LogP) is 9.19. The smallest absolute Gasteiger partial charge is 0.0402 e. The molecule has 2 aliphatic heterocycles. The van der Waals surface area contributed by atoms with E-state index < -0.39 is 10.0 Å². The molecule has 2 fully saturated rings. The Hall–Kier alpha value is -3.03. The molecule has 1 saturated carbocycles. The Kier molecular flexibility index (Phi) is 4.21. The standard InChI is InChI=1S/C36H34S/c1-5-20-35-34(29(6-2)36(35)30-18-12-10-16-26(30)27-17-11-13-19-31(27)36)37(35)24(4)33(25-14-8-7-9-15-25)28-21-23(3)22-32(28)37/h5,7-19,21-22,29,32,34H,1,6,20H2,2-4H3. The summed E-state index contributed by atoms with van der Waals surface area (Å²) in [5, 5.41) is 1.29. The van der Waals surface area contributed by atoms with Crippen molar-refractivity contribution >= 4 is 15.6 Å². The fraction of sp³-hybridized carbons (Fsp3) is 0.278. The van der Waals surface area contributed by atoms with Crippen molar-refractivity contribution in [1.82, 2.24) is 0 Å². The fourth-order valence-corrected chi connectivity index (χ4v) is 17.5. The van der Waals surface area contributed by atoms with Crippen molar-refractivity contribution in [2.45, 2.75) is 54.3 Å². The molecule has 5 atom stereocenters. The zero-order valence-corrected chi connectivity index (χ0v) is 22.8. The van der Waals surface area contributed by atoms with Crippen LogP contribution in [0.1, 0.15) is 50.3 Å². The van der Waals surface area contributed by atoms with E-state index in [9.17, 15) is 0 Å². The molecule has 0 N–H and O–H groups in total. The normalized spacial score (nSPS) is 34.6. The van der Waals surface area contributed by atoms with Gasteiger partial charge in [0.05, 0.1) is 0 Å². The van der Waals surface area contributed by atoms with Crippen molar-refractivity contribution < 1.29 is 0 Å². The van der Waals surface area contributed by atoms with Crippen molar-refractivity contribution in [1.29, 1.82) is 0 Å². The molecule has 1 heteroatoms. The molecule has 2 spiro atoms. The van der Waals surface area contributed by atoms with Gasteiger partial charge in [0.1, 0.15) is 0 Å². The molecule has 0 bridgehead atoms. The van der Waals surface area contributed by atoms with E-state index in [0.717, 1.165) is 11.7 Å². The van der Waals surface area contributed by atoms with E-state index in [1.807, 2.05) is 0 Å². The van der Waals surface area contributed by atoms with Crippen LogP contribution in [-0.4, -0.2) is 15.2 Å². The quantitative estimate of drug-likeness (QED) is 0.248. The van der Waals surface area contributed by atoms with Crippen molar-refractivity contribution in [2.75, 3.05) is 0 Å². The average Bonchev–Trinajstić information content (AvgIpc) is 3.18. The summed E-state index contributed by atoms with van der Waals surface area (Å²) in [6.45, 7) is 11.7. The molecule has 37 heavy (non-hydrogen) atoms. The predicted molar refractivity (Wildman–Crippen MR) is 160 cm³/mol. The summed E-state index contributed by atoms with van der Waals surface area (Å²) in [4.78, 5) is 1.71. The van der Waals surface area contributed by atoms with Gasteiger partial charge in [-0.3, -0.25) is 0 Å². The highest BCUT2D eigenvalue weighted by Gasteiger charge is 2.95. The van der Waals surface area contributed by atoms with Crippen LogP contribution in [0.4, 0.5) is 0 Å². The lowest BCUT2D eigenvalue weighted by atomic mass is 9.47. The summed E-state index contributed by atoms with van der Waals surface area (Å²) >= 11 is 0. The summed E-state index contributed by atoms with van der Waals surface area (Å²) < 4.78 is 0.233. The minimum Gasteiger partial charge on any atom is -0.194 e. The van der Waals surface area contributed by atoms with Crippen LogP contribution in [0.5, 0.6) is 0 Å². The van der Waals surface area contributed by atoms with E-state index in [4.69, 9.17) is 0 Å². The van der Waals surface area contributed by atoms with Crippen LogP contribution in [0, 0.1) is 5.92 Å². The molecule has 8 rings (SSSR count). The molecule has 0 radical (unpaired) electrons. The van der Waals surface area contributed by atoms with Gasteiger partial charge in [0.25, 0.3) is 0 Å². The maximum absolute atomic E-state index is 4.40. The van der Waals surface area contributed by atoms with Crippen molar-refractivity contribution in [3.05, 3.63) is 136 Å². The van der Waals surface area contributed by atoms with Crippen LogP contribution < -0.4 is 0 Å². The third-order valence-electron chi connectivity index (χ3n) is 10.6. The topological polar surface area (TPSA) is 0 Å². The molecule has 3 aromatic carbocycles. The van der Waals surface area contributed by atoms with Crippen LogP contribution in [-0.2, 0) is 5.41 Å². The zero-order valence-electron chi connectivity index (χ0n) is 22.0. The van der Waals surface area contributed by atoms with Gasteiger partial charge in [0, 0.05) is 20.7 Å². The first-order valence-electron chi connectivity index (χ1n) is 13.9. The second-order valence-electron chi connectivity index (χ2n) is 11.7. The van der Waals surface area contributed by atoms with Gasteiger partial charge in [-0.15, -0.1) is 6.58 Å². The van der Waals surface area contributed by atoms with Gasteiger partial charge in [-0.2, -0.15) is 10.0 Å². The molecule has 1 saturated heterocycles. The minimum absolute atomic E-state index is 0.0754. The summed E-state index contributed by atoms with van der Waals surface area (Å²) in [5.74, 6) is 0.660. The first-order valence-corrected chi connectivity index (χ1v) is 15.6. The second-order valence-corrected chi connectivity index (χ2v) is 15.4. The molecular weight excluding hydrogens is 464 g/mol. The Morgan fingerprint density at radius 1 is 0.865 bits per heavy atom. The van der Waals surface area contributed by atoms with Gasteiger partial charge < -0.3 is 0 Å². The van der Waals surface area contributed by atoms with Gasteiger partial charge in [-0.05, 0) is 70.1 Å². The molecular formula is C36H34S. The Labute approximate surface area is 222 Å².